The van der Waals surface area contributed by atoms with Gasteiger partial charge in [-0.1, -0.05) is 0 Å². The molecule has 0 spiro atoms. The Bertz CT molecular complexity index is 839. The summed E-state index contributed by atoms with van der Waals surface area (Å²) in [5.74, 6) is -0.353. The highest BCUT2D eigenvalue weighted by Crippen LogP contribution is 2.35. The number of fused-ring (bicyclic) bond motifs is 1. The van der Waals surface area contributed by atoms with E-state index in [9.17, 15) is 25.5 Å². The first-order valence-corrected chi connectivity index (χ1v) is 13.1. The molecule has 1 aliphatic carbocycles. The summed E-state index contributed by atoms with van der Waals surface area (Å²) in [6, 6.07) is -3.52. The Kier molecular flexibility index (Phi) is 9.99. The lowest BCUT2D eigenvalue weighted by Gasteiger charge is -2.51. The lowest BCUT2D eigenvalue weighted by atomic mass is 9.87. The van der Waals surface area contributed by atoms with Crippen LogP contribution in [0.4, 0.5) is 0 Å². The molecule has 226 valence electrons. The van der Waals surface area contributed by atoms with Crippen molar-refractivity contribution in [3.63, 3.8) is 0 Å². The second kappa shape index (κ2) is 12.7. The van der Waals surface area contributed by atoms with Crippen LogP contribution in [-0.2, 0) is 23.7 Å². The topological polar surface area (TPSA) is 302 Å². The average molecular weight is 566 g/mol. The SMILES string of the molecule is CNC1C(O[C@H]2OC(CO)[C@@H](N=C(N)N)C(O)C2O)O[C@H]2CC(N)[C@@H](O[C@H]3CC(O)[C@H](N)CC3N)OC2C1O. The third-order valence-corrected chi connectivity index (χ3v) is 7.87. The van der Waals surface area contributed by atoms with Crippen molar-refractivity contribution in [2.45, 2.75) is 117 Å². The largest absolute Gasteiger partial charge is 0.394 e. The van der Waals surface area contributed by atoms with Crippen molar-refractivity contribution >= 4 is 5.96 Å². The summed E-state index contributed by atoms with van der Waals surface area (Å²) in [6.45, 7) is -0.572. The van der Waals surface area contributed by atoms with Gasteiger partial charge in [0.15, 0.2) is 24.8 Å². The van der Waals surface area contributed by atoms with Gasteiger partial charge in [0.25, 0.3) is 0 Å². The quantitative estimate of drug-likeness (QED) is 0.101. The van der Waals surface area contributed by atoms with Crippen LogP contribution in [0, 0.1) is 0 Å². The van der Waals surface area contributed by atoms with Crippen molar-refractivity contribution in [1.29, 1.82) is 0 Å². The van der Waals surface area contributed by atoms with E-state index < -0.39 is 105 Å². The first-order chi connectivity index (χ1) is 18.4. The van der Waals surface area contributed by atoms with Crippen LogP contribution < -0.4 is 34.0 Å². The van der Waals surface area contributed by atoms with Gasteiger partial charge in [-0.15, -0.1) is 0 Å². The number of ether oxygens (including phenoxy) is 5. The van der Waals surface area contributed by atoms with Crippen molar-refractivity contribution in [2.24, 2.45) is 33.7 Å². The van der Waals surface area contributed by atoms with Gasteiger partial charge >= 0.3 is 0 Å². The molecule has 3 aliphatic heterocycles. The fourth-order valence-electron chi connectivity index (χ4n) is 5.65. The third-order valence-electron chi connectivity index (χ3n) is 7.87. The molecule has 4 fully saturated rings. The predicted octanol–water partition coefficient (Wildman–Crippen LogP) is -6.61. The zero-order valence-electron chi connectivity index (χ0n) is 21.7. The van der Waals surface area contributed by atoms with Crippen LogP contribution in [0.1, 0.15) is 19.3 Å². The maximum atomic E-state index is 11.2. The second-order valence-corrected chi connectivity index (χ2v) is 10.6. The Balaban J connectivity index is 1.42. The number of aliphatic imine (C=N–C) groups is 1. The van der Waals surface area contributed by atoms with E-state index in [0.29, 0.717) is 6.42 Å². The molecule has 1 saturated carbocycles. The highest BCUT2D eigenvalue weighted by atomic mass is 16.8. The first-order valence-electron chi connectivity index (χ1n) is 13.1. The predicted molar refractivity (Wildman–Crippen MR) is 133 cm³/mol. The molecule has 3 heterocycles. The van der Waals surface area contributed by atoms with E-state index >= 15 is 0 Å². The van der Waals surface area contributed by atoms with Crippen LogP contribution in [0.3, 0.4) is 0 Å². The number of nitrogens with two attached hydrogens (primary N) is 5. The van der Waals surface area contributed by atoms with E-state index in [1.165, 1.54) is 0 Å². The van der Waals surface area contributed by atoms with E-state index in [-0.39, 0.29) is 18.8 Å². The summed E-state index contributed by atoms with van der Waals surface area (Å²) in [5.41, 5.74) is 29.2. The Hall–Kier alpha value is -1.29. The van der Waals surface area contributed by atoms with Gasteiger partial charge in [0.1, 0.15) is 36.6 Å². The lowest BCUT2D eigenvalue weighted by molar-refractivity contribution is -0.371. The molecule has 4 aliphatic rings. The Morgan fingerprint density at radius 1 is 0.846 bits per heavy atom. The van der Waals surface area contributed by atoms with Gasteiger partial charge in [-0.2, -0.15) is 0 Å². The minimum absolute atomic E-state index is 0.218. The van der Waals surface area contributed by atoms with Crippen molar-refractivity contribution in [3.8, 4) is 0 Å². The van der Waals surface area contributed by atoms with Crippen molar-refractivity contribution in [2.75, 3.05) is 13.7 Å². The Morgan fingerprint density at radius 2 is 1.56 bits per heavy atom. The summed E-state index contributed by atoms with van der Waals surface area (Å²) < 4.78 is 29.7. The molecule has 17 nitrogen and oxygen atoms in total. The van der Waals surface area contributed by atoms with Gasteiger partial charge in [0.2, 0.25) is 0 Å². The van der Waals surface area contributed by atoms with Gasteiger partial charge in [-0.05, 0) is 19.9 Å². The van der Waals surface area contributed by atoms with Crippen LogP contribution in [0.25, 0.3) is 0 Å². The lowest BCUT2D eigenvalue weighted by Crippen LogP contribution is -2.69. The second-order valence-electron chi connectivity index (χ2n) is 10.6. The molecule has 0 radical (unpaired) electrons. The number of hydrogen-bond donors (Lipinski definition) is 11. The maximum absolute atomic E-state index is 11.2. The van der Waals surface area contributed by atoms with E-state index in [1.807, 2.05) is 0 Å². The van der Waals surface area contributed by atoms with Crippen LogP contribution in [0.15, 0.2) is 4.99 Å². The third kappa shape index (κ3) is 6.47. The molecule has 16 atom stereocenters. The molecule has 0 bridgehead atoms. The zero-order chi connectivity index (χ0) is 28.6. The molecular formula is C22H43N7O10. The Labute approximate surface area is 225 Å². The number of nitrogens with zero attached hydrogens (tertiary/aromatic N) is 1. The van der Waals surface area contributed by atoms with Crippen LogP contribution >= 0.6 is 0 Å². The standard InChI is InChI=1S/C22H43N7O10/c1-28-14-16(33)18-11(3-8(25)19(38-18)35-10-4-9(31)6(23)2-7(10)24)36-20(14)39-21-17(34)15(32)13(29-22(26)27)12(5-30)37-21/h6-21,28,30-34H,2-5,23-25H2,1H3,(H4,26,27,29)/t6-,7?,8?,9?,10+,11+,12?,13-,14?,15?,16?,17?,18?,19+,20?,21-/m1/s1. The van der Waals surface area contributed by atoms with Gasteiger partial charge in [0, 0.05) is 18.5 Å². The number of rotatable bonds is 7. The first kappa shape index (κ1) is 30.7. The van der Waals surface area contributed by atoms with Gasteiger partial charge in [-0.25, -0.2) is 4.99 Å². The monoisotopic (exact) mass is 565 g/mol. The minimum atomic E-state index is -1.61. The number of hydrogen-bond acceptors (Lipinski definition) is 15. The molecule has 4 rings (SSSR count). The molecule has 0 amide bonds. The van der Waals surface area contributed by atoms with E-state index in [1.54, 1.807) is 7.05 Å². The number of nitrogens with one attached hydrogen (secondary N) is 1. The number of likely N-dealkylation sites (N-methyl/N-ethyl adjacent to an activating group) is 1. The van der Waals surface area contributed by atoms with Crippen molar-refractivity contribution in [3.05, 3.63) is 0 Å². The molecule has 0 aromatic rings. The smallest absolute Gasteiger partial charge is 0.189 e. The summed E-state index contributed by atoms with van der Waals surface area (Å²) in [7, 11) is 1.57. The molecular weight excluding hydrogens is 522 g/mol. The van der Waals surface area contributed by atoms with Crippen LogP contribution in [0.2, 0.25) is 0 Å². The van der Waals surface area contributed by atoms with Gasteiger partial charge in [0.05, 0.1) is 37.0 Å². The van der Waals surface area contributed by atoms with E-state index in [4.69, 9.17) is 52.4 Å². The summed E-state index contributed by atoms with van der Waals surface area (Å²) in [4.78, 5) is 3.84. The fraction of sp³-hybridized carbons (Fsp3) is 0.955. The number of aliphatic hydroxyl groups is 5. The van der Waals surface area contributed by atoms with Crippen molar-refractivity contribution < 1.29 is 49.2 Å². The molecule has 10 unspecified atom stereocenters. The summed E-state index contributed by atoms with van der Waals surface area (Å²) in [5, 5.41) is 55.2. The molecule has 0 aromatic heterocycles. The molecule has 3 saturated heterocycles. The molecule has 16 N–H and O–H groups in total. The highest BCUT2D eigenvalue weighted by Gasteiger charge is 2.54. The number of guanidine groups is 1. The number of aliphatic hydroxyl groups excluding tert-OH is 5. The zero-order valence-corrected chi connectivity index (χ0v) is 21.7. The van der Waals surface area contributed by atoms with E-state index in [2.05, 4.69) is 10.3 Å². The highest BCUT2D eigenvalue weighted by molar-refractivity contribution is 5.76. The normalized spacial score (nSPS) is 50.7. The fourth-order valence-corrected chi connectivity index (χ4v) is 5.65. The average Bonchev–Trinajstić information content (AvgIpc) is 2.87. The molecule has 17 heteroatoms. The summed E-state index contributed by atoms with van der Waals surface area (Å²) in [6.07, 6.45) is -11.0. The maximum Gasteiger partial charge on any atom is 0.189 e. The van der Waals surface area contributed by atoms with Crippen LogP contribution in [-0.4, -0.2) is 143 Å². The van der Waals surface area contributed by atoms with Gasteiger partial charge in [-0.3, -0.25) is 0 Å². The van der Waals surface area contributed by atoms with Crippen LogP contribution in [0.5, 0.6) is 0 Å². The van der Waals surface area contributed by atoms with E-state index in [0.717, 1.165) is 0 Å². The molecule has 0 aromatic carbocycles. The minimum Gasteiger partial charge on any atom is -0.394 e. The van der Waals surface area contributed by atoms with Crippen molar-refractivity contribution in [1.82, 2.24) is 5.32 Å². The van der Waals surface area contributed by atoms with Gasteiger partial charge < -0.3 is 83.2 Å². The summed E-state index contributed by atoms with van der Waals surface area (Å²) >= 11 is 0. The Morgan fingerprint density at radius 3 is 2.21 bits per heavy atom. The molecule has 39 heavy (non-hydrogen) atoms.